The van der Waals surface area contributed by atoms with Crippen molar-refractivity contribution in [2.24, 2.45) is 0 Å². The Morgan fingerprint density at radius 3 is 2.75 bits per heavy atom. The summed E-state index contributed by atoms with van der Waals surface area (Å²) < 4.78 is 5.43. The number of nitro benzene ring substituents is 1. The predicted molar refractivity (Wildman–Crippen MR) is 72.5 cm³/mol. The van der Waals surface area contributed by atoms with Crippen LogP contribution in [0, 0.1) is 17.0 Å². The molecule has 0 amide bonds. The molecular weight excluding hydrogens is 284 g/mol. The van der Waals surface area contributed by atoms with Crippen molar-refractivity contribution in [3.63, 3.8) is 0 Å². The van der Waals surface area contributed by atoms with Gasteiger partial charge in [0, 0.05) is 28.4 Å². The zero-order valence-corrected chi connectivity index (χ0v) is 11.1. The Morgan fingerprint density at radius 1 is 1.40 bits per heavy atom. The molecule has 0 spiro atoms. The van der Waals surface area contributed by atoms with E-state index in [9.17, 15) is 14.9 Å². The van der Waals surface area contributed by atoms with Crippen LogP contribution in [0.4, 0.5) is 5.69 Å². The van der Waals surface area contributed by atoms with Crippen LogP contribution in [-0.2, 0) is 0 Å². The molecule has 7 heteroatoms. The van der Waals surface area contributed by atoms with E-state index in [1.165, 1.54) is 24.4 Å². The first kappa shape index (κ1) is 14.0. The van der Waals surface area contributed by atoms with E-state index >= 15 is 0 Å². The van der Waals surface area contributed by atoms with Gasteiger partial charge >= 0.3 is 5.69 Å². The SMILES string of the molecule is Cc1cc(C=O)cnc1Oc1ccc(Cl)cc1[N+](=O)[O-]. The highest BCUT2D eigenvalue weighted by Gasteiger charge is 2.17. The summed E-state index contributed by atoms with van der Waals surface area (Å²) in [6.45, 7) is 1.69. The minimum atomic E-state index is -0.587. The summed E-state index contributed by atoms with van der Waals surface area (Å²) in [5.74, 6) is 0.231. The van der Waals surface area contributed by atoms with Gasteiger partial charge in [0.25, 0.3) is 0 Å². The molecule has 2 aromatic rings. The number of nitro groups is 1. The Balaban J connectivity index is 2.39. The van der Waals surface area contributed by atoms with Crippen molar-refractivity contribution in [2.45, 2.75) is 6.92 Å². The third kappa shape index (κ3) is 2.92. The lowest BCUT2D eigenvalue weighted by Gasteiger charge is -2.08. The Bertz CT molecular complexity index is 688. The minimum absolute atomic E-state index is 0.0360. The van der Waals surface area contributed by atoms with Crippen LogP contribution in [0.3, 0.4) is 0 Å². The van der Waals surface area contributed by atoms with Crippen LogP contribution < -0.4 is 4.74 Å². The number of aryl methyl sites for hydroxylation is 1. The van der Waals surface area contributed by atoms with Gasteiger partial charge in [-0.25, -0.2) is 4.98 Å². The second-order valence-corrected chi connectivity index (χ2v) is 4.42. The third-order valence-electron chi connectivity index (χ3n) is 2.51. The van der Waals surface area contributed by atoms with Crippen LogP contribution in [0.2, 0.25) is 5.02 Å². The van der Waals surface area contributed by atoms with Gasteiger partial charge in [-0.05, 0) is 25.1 Å². The molecule has 0 saturated heterocycles. The molecule has 0 bridgehead atoms. The zero-order valence-electron chi connectivity index (χ0n) is 10.4. The van der Waals surface area contributed by atoms with Gasteiger partial charge in [-0.15, -0.1) is 0 Å². The van der Waals surface area contributed by atoms with E-state index in [4.69, 9.17) is 16.3 Å². The molecule has 6 nitrogen and oxygen atoms in total. The molecule has 0 N–H and O–H groups in total. The molecular formula is C13H9ClN2O4. The number of benzene rings is 1. The van der Waals surface area contributed by atoms with Crippen LogP contribution in [0.5, 0.6) is 11.6 Å². The molecule has 0 aliphatic rings. The number of aldehydes is 1. The van der Waals surface area contributed by atoms with Crippen molar-refractivity contribution in [1.82, 2.24) is 4.98 Å². The summed E-state index contributed by atoms with van der Waals surface area (Å²) in [6.07, 6.45) is 1.99. The van der Waals surface area contributed by atoms with Crippen LogP contribution in [-0.4, -0.2) is 16.2 Å². The van der Waals surface area contributed by atoms with E-state index in [1.807, 2.05) is 0 Å². The van der Waals surface area contributed by atoms with Gasteiger partial charge in [-0.1, -0.05) is 11.6 Å². The van der Waals surface area contributed by atoms with E-state index in [2.05, 4.69) is 4.98 Å². The summed E-state index contributed by atoms with van der Waals surface area (Å²) in [5.41, 5.74) is 0.748. The molecule has 102 valence electrons. The smallest absolute Gasteiger partial charge is 0.313 e. The van der Waals surface area contributed by atoms with Crippen molar-refractivity contribution in [3.8, 4) is 11.6 Å². The van der Waals surface area contributed by atoms with Crippen molar-refractivity contribution >= 4 is 23.6 Å². The number of carbonyl (C=O) groups is 1. The molecule has 0 aliphatic heterocycles. The van der Waals surface area contributed by atoms with E-state index in [1.54, 1.807) is 13.0 Å². The lowest BCUT2D eigenvalue weighted by molar-refractivity contribution is -0.385. The van der Waals surface area contributed by atoms with E-state index < -0.39 is 4.92 Å². The highest BCUT2D eigenvalue weighted by Crippen LogP contribution is 2.33. The average Bonchev–Trinajstić information content (AvgIpc) is 2.42. The summed E-state index contributed by atoms with van der Waals surface area (Å²) in [4.78, 5) is 24.9. The molecule has 2 rings (SSSR count). The summed E-state index contributed by atoms with van der Waals surface area (Å²) in [5, 5.41) is 11.2. The first-order chi connectivity index (χ1) is 9.51. The van der Waals surface area contributed by atoms with Gasteiger partial charge in [0.2, 0.25) is 11.6 Å². The number of carbonyl (C=O) groups excluding carboxylic acids is 1. The predicted octanol–water partition coefficient (Wildman–Crippen LogP) is 3.56. The maximum absolute atomic E-state index is 10.9. The quantitative estimate of drug-likeness (QED) is 0.489. The standard InChI is InChI=1S/C13H9ClN2O4/c1-8-4-9(7-17)6-15-13(8)20-12-3-2-10(14)5-11(12)16(18)19/h2-7H,1H3. The molecule has 1 heterocycles. The van der Waals surface area contributed by atoms with E-state index in [-0.39, 0.29) is 22.3 Å². The highest BCUT2D eigenvalue weighted by atomic mass is 35.5. The molecule has 1 aromatic heterocycles. The maximum Gasteiger partial charge on any atom is 0.313 e. The fourth-order valence-electron chi connectivity index (χ4n) is 1.58. The van der Waals surface area contributed by atoms with Crippen molar-refractivity contribution < 1.29 is 14.5 Å². The lowest BCUT2D eigenvalue weighted by atomic mass is 10.2. The van der Waals surface area contributed by atoms with Crippen LogP contribution >= 0.6 is 11.6 Å². The number of nitrogens with zero attached hydrogens (tertiary/aromatic N) is 2. The number of aromatic nitrogens is 1. The average molecular weight is 293 g/mol. The van der Waals surface area contributed by atoms with Gasteiger partial charge in [-0.3, -0.25) is 14.9 Å². The second kappa shape index (κ2) is 5.66. The van der Waals surface area contributed by atoms with Crippen LogP contribution in [0.15, 0.2) is 30.5 Å². The normalized spacial score (nSPS) is 10.1. The maximum atomic E-state index is 10.9. The largest absolute Gasteiger partial charge is 0.432 e. The van der Waals surface area contributed by atoms with E-state index in [0.717, 1.165) is 0 Å². The zero-order chi connectivity index (χ0) is 14.7. The third-order valence-corrected chi connectivity index (χ3v) is 2.75. The summed E-state index contributed by atoms with van der Waals surface area (Å²) >= 11 is 5.72. The molecule has 0 radical (unpaired) electrons. The van der Waals surface area contributed by atoms with Gasteiger partial charge in [0.05, 0.1) is 4.92 Å². The Kier molecular flexibility index (Phi) is 3.95. The fraction of sp³-hybridized carbons (Fsp3) is 0.0769. The van der Waals surface area contributed by atoms with E-state index in [0.29, 0.717) is 17.4 Å². The molecule has 20 heavy (non-hydrogen) atoms. The molecule has 0 atom stereocenters. The second-order valence-electron chi connectivity index (χ2n) is 3.98. The molecule has 0 unspecified atom stereocenters. The molecule has 1 aromatic carbocycles. The molecule has 0 aliphatic carbocycles. The first-order valence-electron chi connectivity index (χ1n) is 5.55. The minimum Gasteiger partial charge on any atom is -0.432 e. The fourth-order valence-corrected chi connectivity index (χ4v) is 1.75. The highest BCUT2D eigenvalue weighted by molar-refractivity contribution is 6.30. The number of hydrogen-bond donors (Lipinski definition) is 0. The lowest BCUT2D eigenvalue weighted by Crippen LogP contribution is -1.97. The van der Waals surface area contributed by atoms with Crippen molar-refractivity contribution in [1.29, 1.82) is 0 Å². The summed E-state index contributed by atoms with van der Waals surface area (Å²) in [7, 11) is 0. The molecule has 0 fully saturated rings. The van der Waals surface area contributed by atoms with Gasteiger partial charge in [0.1, 0.15) is 0 Å². The Morgan fingerprint density at radius 2 is 2.15 bits per heavy atom. The van der Waals surface area contributed by atoms with Crippen molar-refractivity contribution in [2.75, 3.05) is 0 Å². The monoisotopic (exact) mass is 292 g/mol. The first-order valence-corrected chi connectivity index (χ1v) is 5.92. The number of ether oxygens (including phenoxy) is 1. The van der Waals surface area contributed by atoms with Crippen molar-refractivity contribution in [3.05, 3.63) is 56.7 Å². The molecule has 0 saturated carbocycles. The Hall–Kier alpha value is -2.47. The topological polar surface area (TPSA) is 82.3 Å². The number of pyridine rings is 1. The van der Waals surface area contributed by atoms with Gasteiger partial charge in [0.15, 0.2) is 6.29 Å². The number of hydrogen-bond acceptors (Lipinski definition) is 5. The van der Waals surface area contributed by atoms with Crippen LogP contribution in [0.1, 0.15) is 15.9 Å². The Labute approximate surface area is 119 Å². The number of halogens is 1. The number of rotatable bonds is 4. The van der Waals surface area contributed by atoms with Gasteiger partial charge < -0.3 is 4.74 Å². The van der Waals surface area contributed by atoms with Gasteiger partial charge in [-0.2, -0.15) is 0 Å². The summed E-state index contributed by atoms with van der Waals surface area (Å²) in [6, 6.07) is 5.66. The van der Waals surface area contributed by atoms with Crippen LogP contribution in [0.25, 0.3) is 0 Å².